The van der Waals surface area contributed by atoms with Gasteiger partial charge in [0.15, 0.2) is 11.5 Å². The third-order valence-corrected chi connectivity index (χ3v) is 6.40. The summed E-state index contributed by atoms with van der Waals surface area (Å²) >= 11 is 0. The minimum atomic E-state index is -0.589. The van der Waals surface area contributed by atoms with E-state index in [4.69, 9.17) is 18.9 Å². The van der Waals surface area contributed by atoms with Gasteiger partial charge in [0, 0.05) is 6.07 Å². The van der Waals surface area contributed by atoms with Crippen LogP contribution in [0.4, 0.5) is 0 Å². The number of rotatable bonds is 12. The molecule has 2 aromatic carbocycles. The summed E-state index contributed by atoms with van der Waals surface area (Å²) in [5.41, 5.74) is 1.63. The van der Waals surface area contributed by atoms with Crippen LogP contribution in [-0.4, -0.2) is 40.5 Å². The second kappa shape index (κ2) is 11.8. The van der Waals surface area contributed by atoms with Gasteiger partial charge in [-0.3, -0.25) is 0 Å². The maximum atomic E-state index is 10.2. The van der Waals surface area contributed by atoms with E-state index in [1.807, 2.05) is 24.3 Å². The highest BCUT2D eigenvalue weighted by Crippen LogP contribution is 2.40. The molecule has 2 aromatic rings. The molecule has 0 aliphatic carbocycles. The predicted octanol–water partition coefficient (Wildman–Crippen LogP) is 4.89. The molecule has 1 aliphatic rings. The molecule has 33 heavy (non-hydrogen) atoms. The first-order valence-electron chi connectivity index (χ1n) is 11.8. The van der Waals surface area contributed by atoms with E-state index in [2.05, 4.69) is 37.4 Å². The van der Waals surface area contributed by atoms with Crippen molar-refractivity contribution in [2.75, 3.05) is 40.5 Å². The molecule has 1 aliphatic heterocycles. The van der Waals surface area contributed by atoms with Crippen LogP contribution in [0.1, 0.15) is 44.2 Å². The van der Waals surface area contributed by atoms with Gasteiger partial charge in [0.25, 0.3) is 0 Å². The molecular formula is C27H36N2O4. The van der Waals surface area contributed by atoms with Crippen molar-refractivity contribution in [1.29, 1.82) is 5.26 Å². The van der Waals surface area contributed by atoms with Crippen molar-refractivity contribution in [3.8, 4) is 29.1 Å². The van der Waals surface area contributed by atoms with Crippen molar-refractivity contribution in [2.24, 2.45) is 5.92 Å². The summed E-state index contributed by atoms with van der Waals surface area (Å²) in [4.78, 5) is 0. The Morgan fingerprint density at radius 2 is 1.64 bits per heavy atom. The largest absolute Gasteiger partial charge is 0.497 e. The van der Waals surface area contributed by atoms with Crippen molar-refractivity contribution < 1.29 is 18.9 Å². The fraction of sp³-hybridized carbons (Fsp3) is 0.519. The number of nitrogens with one attached hydrogen (secondary N) is 1. The molecule has 0 amide bonds. The number of aryl methyl sites for hydroxylation is 1. The van der Waals surface area contributed by atoms with Gasteiger partial charge < -0.3 is 24.3 Å². The summed E-state index contributed by atoms with van der Waals surface area (Å²) in [5, 5.41) is 13.7. The first-order valence-corrected chi connectivity index (χ1v) is 11.8. The Kier molecular flexibility index (Phi) is 8.85. The Bertz CT molecular complexity index is 931. The SMILES string of the molecule is COc1cc(OC)cc(C(C#N)(CCCNCCCc2ccc3c(c2)OCCO3)C(C)C)c1. The standard InChI is InChI=1S/C27H36N2O4/c1-20(2)27(19-28,22-16-23(30-3)18-24(17-22)31-4)10-6-12-29-11-5-7-21-8-9-25-26(15-21)33-14-13-32-25/h8-9,15-18,20,29H,5-7,10-14H2,1-4H3. The molecule has 1 atom stereocenters. The highest BCUT2D eigenvalue weighted by atomic mass is 16.6. The van der Waals surface area contributed by atoms with E-state index in [1.54, 1.807) is 14.2 Å². The van der Waals surface area contributed by atoms with E-state index >= 15 is 0 Å². The van der Waals surface area contributed by atoms with Crippen molar-refractivity contribution in [2.45, 2.75) is 44.9 Å². The number of nitrogens with zero attached hydrogens (tertiary/aromatic N) is 1. The zero-order valence-electron chi connectivity index (χ0n) is 20.3. The molecule has 0 bridgehead atoms. The Balaban J connectivity index is 1.50. The van der Waals surface area contributed by atoms with Crippen LogP contribution < -0.4 is 24.3 Å². The lowest BCUT2D eigenvalue weighted by atomic mass is 9.69. The van der Waals surface area contributed by atoms with E-state index in [0.717, 1.165) is 55.8 Å². The summed E-state index contributed by atoms with van der Waals surface area (Å²) < 4.78 is 22.1. The van der Waals surface area contributed by atoms with Crippen LogP contribution in [0, 0.1) is 17.2 Å². The van der Waals surface area contributed by atoms with Gasteiger partial charge >= 0.3 is 0 Å². The monoisotopic (exact) mass is 452 g/mol. The molecule has 1 heterocycles. The van der Waals surface area contributed by atoms with Crippen LogP contribution in [0.2, 0.25) is 0 Å². The number of nitriles is 1. The molecule has 0 radical (unpaired) electrons. The van der Waals surface area contributed by atoms with E-state index in [9.17, 15) is 5.26 Å². The predicted molar refractivity (Wildman–Crippen MR) is 130 cm³/mol. The van der Waals surface area contributed by atoms with Crippen LogP contribution in [0.15, 0.2) is 36.4 Å². The minimum Gasteiger partial charge on any atom is -0.497 e. The van der Waals surface area contributed by atoms with Crippen LogP contribution in [0.3, 0.4) is 0 Å². The van der Waals surface area contributed by atoms with E-state index in [0.29, 0.717) is 24.7 Å². The van der Waals surface area contributed by atoms with Crippen LogP contribution in [0.25, 0.3) is 0 Å². The summed E-state index contributed by atoms with van der Waals surface area (Å²) in [7, 11) is 3.27. The van der Waals surface area contributed by atoms with E-state index < -0.39 is 5.41 Å². The first-order chi connectivity index (χ1) is 16.0. The van der Waals surface area contributed by atoms with Gasteiger partial charge in [-0.05, 0) is 80.1 Å². The van der Waals surface area contributed by atoms with E-state index in [-0.39, 0.29) is 5.92 Å². The molecule has 0 saturated carbocycles. The first kappa shape index (κ1) is 24.7. The van der Waals surface area contributed by atoms with Gasteiger partial charge in [0.1, 0.15) is 24.7 Å². The number of hydrogen-bond acceptors (Lipinski definition) is 6. The van der Waals surface area contributed by atoms with Crippen LogP contribution in [-0.2, 0) is 11.8 Å². The molecule has 3 rings (SSSR count). The Hall–Kier alpha value is -2.91. The lowest BCUT2D eigenvalue weighted by Crippen LogP contribution is -2.32. The van der Waals surface area contributed by atoms with Gasteiger partial charge in [0.2, 0.25) is 0 Å². The number of fused-ring (bicyclic) bond motifs is 1. The fourth-order valence-corrected chi connectivity index (χ4v) is 4.36. The third-order valence-electron chi connectivity index (χ3n) is 6.40. The number of methoxy groups -OCH3 is 2. The maximum Gasteiger partial charge on any atom is 0.161 e. The number of benzene rings is 2. The zero-order valence-corrected chi connectivity index (χ0v) is 20.3. The molecule has 1 N–H and O–H groups in total. The van der Waals surface area contributed by atoms with Crippen molar-refractivity contribution in [3.63, 3.8) is 0 Å². The Morgan fingerprint density at radius 1 is 0.970 bits per heavy atom. The smallest absolute Gasteiger partial charge is 0.161 e. The van der Waals surface area contributed by atoms with Crippen molar-refractivity contribution in [3.05, 3.63) is 47.5 Å². The highest BCUT2D eigenvalue weighted by molar-refractivity contribution is 5.45. The summed E-state index contributed by atoms with van der Waals surface area (Å²) in [6.07, 6.45) is 3.71. The normalized spacial score (nSPS) is 14.4. The fourth-order valence-electron chi connectivity index (χ4n) is 4.36. The number of ether oxygens (including phenoxy) is 4. The molecule has 0 aromatic heterocycles. The van der Waals surface area contributed by atoms with Gasteiger partial charge in [-0.15, -0.1) is 0 Å². The molecule has 0 spiro atoms. The van der Waals surface area contributed by atoms with Crippen molar-refractivity contribution >= 4 is 0 Å². The van der Waals surface area contributed by atoms with E-state index in [1.165, 1.54) is 5.56 Å². The molecule has 0 saturated heterocycles. The summed E-state index contributed by atoms with van der Waals surface area (Å²) in [5.74, 6) is 3.27. The average Bonchev–Trinajstić information content (AvgIpc) is 2.85. The lowest BCUT2D eigenvalue weighted by Gasteiger charge is -2.32. The molecule has 178 valence electrons. The Labute approximate surface area is 197 Å². The van der Waals surface area contributed by atoms with Crippen LogP contribution >= 0.6 is 0 Å². The molecule has 0 fully saturated rings. The minimum absolute atomic E-state index is 0.162. The van der Waals surface area contributed by atoms with Gasteiger partial charge in [-0.1, -0.05) is 19.9 Å². The maximum absolute atomic E-state index is 10.2. The van der Waals surface area contributed by atoms with Crippen molar-refractivity contribution in [1.82, 2.24) is 5.32 Å². The van der Waals surface area contributed by atoms with Crippen LogP contribution in [0.5, 0.6) is 23.0 Å². The van der Waals surface area contributed by atoms with Gasteiger partial charge in [-0.25, -0.2) is 0 Å². The highest BCUT2D eigenvalue weighted by Gasteiger charge is 2.36. The number of hydrogen-bond donors (Lipinski definition) is 1. The second-order valence-electron chi connectivity index (χ2n) is 8.77. The Morgan fingerprint density at radius 3 is 2.27 bits per heavy atom. The third kappa shape index (κ3) is 6.11. The molecule has 1 unspecified atom stereocenters. The average molecular weight is 453 g/mol. The summed E-state index contributed by atoms with van der Waals surface area (Å²) in [6.45, 7) is 7.25. The quantitative estimate of drug-likeness (QED) is 0.462. The summed E-state index contributed by atoms with van der Waals surface area (Å²) in [6, 6.07) is 14.6. The zero-order chi connectivity index (χ0) is 23.7. The lowest BCUT2D eigenvalue weighted by molar-refractivity contribution is 0.171. The second-order valence-corrected chi connectivity index (χ2v) is 8.77. The molecule has 6 heteroatoms. The molecule has 6 nitrogen and oxygen atoms in total. The van der Waals surface area contributed by atoms with Gasteiger partial charge in [-0.2, -0.15) is 5.26 Å². The van der Waals surface area contributed by atoms with Gasteiger partial charge in [0.05, 0.1) is 25.7 Å². The topological polar surface area (TPSA) is 72.7 Å². The molecular weight excluding hydrogens is 416 g/mol.